The molecule has 0 aliphatic carbocycles. The summed E-state index contributed by atoms with van der Waals surface area (Å²) < 4.78 is 10.4. The van der Waals surface area contributed by atoms with Gasteiger partial charge in [0, 0.05) is 24.9 Å². The van der Waals surface area contributed by atoms with Gasteiger partial charge in [0.2, 0.25) is 5.89 Å². The number of hydrogen-bond acceptors (Lipinski definition) is 5. The summed E-state index contributed by atoms with van der Waals surface area (Å²) in [5.74, 6) is 0.822. The van der Waals surface area contributed by atoms with Gasteiger partial charge in [-0.15, -0.1) is 0 Å². The van der Waals surface area contributed by atoms with Crippen LogP contribution in [0.2, 0.25) is 0 Å². The van der Waals surface area contributed by atoms with Crippen LogP contribution in [0.3, 0.4) is 0 Å². The number of carbonyl (C=O) groups is 1. The fourth-order valence-electron chi connectivity index (χ4n) is 1.35. The van der Waals surface area contributed by atoms with Crippen LogP contribution in [0.15, 0.2) is 28.9 Å². The molecule has 88 valence electrons. The molecule has 0 unspecified atom stereocenters. The molecule has 2 rings (SSSR count). The van der Waals surface area contributed by atoms with E-state index >= 15 is 0 Å². The summed E-state index contributed by atoms with van der Waals surface area (Å²) in [7, 11) is 0. The molecule has 0 atom stereocenters. The van der Waals surface area contributed by atoms with Gasteiger partial charge in [-0.3, -0.25) is 9.78 Å². The third-order valence-electron chi connectivity index (χ3n) is 2.23. The first-order valence-electron chi connectivity index (χ1n) is 5.17. The number of aryl methyl sites for hydroxylation is 1. The molecule has 0 radical (unpaired) electrons. The minimum atomic E-state index is -0.335. The largest absolute Gasteiger partial charge is 0.459 e. The average molecular weight is 232 g/mol. The van der Waals surface area contributed by atoms with E-state index in [9.17, 15) is 4.79 Å². The first-order chi connectivity index (χ1) is 8.16. The van der Waals surface area contributed by atoms with E-state index in [0.29, 0.717) is 17.3 Å². The van der Waals surface area contributed by atoms with E-state index in [0.717, 1.165) is 5.56 Å². The highest BCUT2D eigenvalue weighted by Gasteiger charge is 2.12. The summed E-state index contributed by atoms with van der Waals surface area (Å²) in [5.41, 5.74) is 1.48. The second-order valence-electron chi connectivity index (χ2n) is 3.54. The Balaban J connectivity index is 2.22. The smallest absolute Gasteiger partial charge is 0.303 e. The molecule has 0 bridgehead atoms. The van der Waals surface area contributed by atoms with Gasteiger partial charge in [-0.2, -0.15) is 0 Å². The number of oxazole rings is 1. The lowest BCUT2D eigenvalue weighted by atomic mass is 10.3. The summed E-state index contributed by atoms with van der Waals surface area (Å²) in [5, 5.41) is 0. The van der Waals surface area contributed by atoms with E-state index in [2.05, 4.69) is 9.97 Å². The van der Waals surface area contributed by atoms with Gasteiger partial charge in [-0.1, -0.05) is 0 Å². The number of aromatic nitrogens is 2. The zero-order valence-electron chi connectivity index (χ0n) is 9.64. The summed E-state index contributed by atoms with van der Waals surface area (Å²) >= 11 is 0. The summed E-state index contributed by atoms with van der Waals surface area (Å²) in [4.78, 5) is 18.9. The molecule has 2 heterocycles. The Morgan fingerprint density at radius 1 is 1.41 bits per heavy atom. The fraction of sp³-hybridized carbons (Fsp3) is 0.250. The van der Waals surface area contributed by atoms with Crippen molar-refractivity contribution in [1.29, 1.82) is 0 Å². The first-order valence-corrected chi connectivity index (χ1v) is 5.17. The van der Waals surface area contributed by atoms with Gasteiger partial charge in [0.15, 0.2) is 0 Å². The lowest BCUT2D eigenvalue weighted by Crippen LogP contribution is -2.00. The van der Waals surface area contributed by atoms with Crippen molar-refractivity contribution in [2.45, 2.75) is 20.5 Å². The highest BCUT2D eigenvalue weighted by Crippen LogP contribution is 2.21. The molecule has 5 heteroatoms. The lowest BCUT2D eigenvalue weighted by Gasteiger charge is -1.97. The molecular formula is C12H12N2O3. The molecule has 0 amide bonds. The van der Waals surface area contributed by atoms with E-state index in [1.807, 2.05) is 0 Å². The average Bonchev–Trinajstić information content (AvgIpc) is 2.69. The molecule has 2 aromatic heterocycles. The maximum Gasteiger partial charge on any atom is 0.303 e. The van der Waals surface area contributed by atoms with Gasteiger partial charge in [-0.25, -0.2) is 4.98 Å². The molecule has 2 aromatic rings. The molecule has 0 spiro atoms. The second-order valence-corrected chi connectivity index (χ2v) is 3.54. The van der Waals surface area contributed by atoms with Crippen LogP contribution in [0.5, 0.6) is 0 Å². The predicted molar refractivity (Wildman–Crippen MR) is 59.9 cm³/mol. The molecule has 0 N–H and O–H groups in total. The fourth-order valence-corrected chi connectivity index (χ4v) is 1.35. The van der Waals surface area contributed by atoms with Crippen LogP contribution in [0.4, 0.5) is 0 Å². The van der Waals surface area contributed by atoms with E-state index in [4.69, 9.17) is 9.15 Å². The third-order valence-corrected chi connectivity index (χ3v) is 2.23. The van der Waals surface area contributed by atoms with Crippen LogP contribution in [0.25, 0.3) is 11.5 Å². The molecular weight excluding hydrogens is 220 g/mol. The number of ether oxygens (including phenoxy) is 1. The molecule has 0 aromatic carbocycles. The quantitative estimate of drug-likeness (QED) is 0.758. The van der Waals surface area contributed by atoms with Crippen molar-refractivity contribution in [3.8, 4) is 11.5 Å². The summed E-state index contributed by atoms with van der Waals surface area (Å²) in [6.45, 7) is 3.28. The molecule has 0 saturated carbocycles. The van der Waals surface area contributed by atoms with Gasteiger partial charge >= 0.3 is 5.97 Å². The van der Waals surface area contributed by atoms with Crippen LogP contribution in [0.1, 0.15) is 18.4 Å². The van der Waals surface area contributed by atoms with Crippen molar-refractivity contribution in [3.05, 3.63) is 36.0 Å². The minimum absolute atomic E-state index is 0.135. The monoisotopic (exact) mass is 232 g/mol. The third kappa shape index (κ3) is 2.69. The van der Waals surface area contributed by atoms with Gasteiger partial charge in [0.05, 0.1) is 0 Å². The van der Waals surface area contributed by atoms with Crippen molar-refractivity contribution < 1.29 is 13.9 Å². The zero-order chi connectivity index (χ0) is 12.3. The van der Waals surface area contributed by atoms with E-state index in [-0.39, 0.29) is 12.6 Å². The van der Waals surface area contributed by atoms with Gasteiger partial charge < -0.3 is 9.15 Å². The minimum Gasteiger partial charge on any atom is -0.459 e. The zero-order valence-corrected chi connectivity index (χ0v) is 9.64. The molecule has 0 saturated heterocycles. The maximum absolute atomic E-state index is 10.7. The van der Waals surface area contributed by atoms with Crippen molar-refractivity contribution in [3.63, 3.8) is 0 Å². The van der Waals surface area contributed by atoms with Crippen molar-refractivity contribution in [2.24, 2.45) is 0 Å². The number of hydrogen-bond donors (Lipinski definition) is 0. The number of carbonyl (C=O) groups excluding carboxylic acids is 1. The Labute approximate surface area is 98.5 Å². The van der Waals surface area contributed by atoms with Crippen LogP contribution in [0, 0.1) is 6.92 Å². The highest BCUT2D eigenvalue weighted by molar-refractivity contribution is 5.65. The first kappa shape index (κ1) is 11.3. The second kappa shape index (κ2) is 4.78. The van der Waals surface area contributed by atoms with Crippen molar-refractivity contribution in [2.75, 3.05) is 0 Å². The van der Waals surface area contributed by atoms with Crippen LogP contribution in [-0.2, 0) is 16.1 Å². The van der Waals surface area contributed by atoms with E-state index in [1.54, 1.807) is 31.5 Å². The summed E-state index contributed by atoms with van der Waals surface area (Å²) in [6.07, 6.45) is 3.33. The Hall–Kier alpha value is -2.17. The Bertz CT molecular complexity index is 520. The number of pyridine rings is 1. The molecule has 17 heavy (non-hydrogen) atoms. The number of nitrogens with zero attached hydrogens (tertiary/aromatic N) is 2. The number of esters is 1. The van der Waals surface area contributed by atoms with Crippen molar-refractivity contribution >= 4 is 5.97 Å². The van der Waals surface area contributed by atoms with Gasteiger partial charge in [0.25, 0.3) is 0 Å². The van der Waals surface area contributed by atoms with Gasteiger partial charge in [-0.05, 0) is 19.1 Å². The Kier molecular flexibility index (Phi) is 3.18. The lowest BCUT2D eigenvalue weighted by molar-refractivity contribution is -0.142. The summed E-state index contributed by atoms with van der Waals surface area (Å²) in [6, 6.07) is 3.61. The van der Waals surface area contributed by atoms with Crippen LogP contribution < -0.4 is 0 Å². The molecule has 0 aliphatic heterocycles. The maximum atomic E-state index is 10.7. The Morgan fingerprint density at radius 2 is 2.12 bits per heavy atom. The highest BCUT2D eigenvalue weighted by atomic mass is 16.5. The standard InChI is InChI=1S/C12H12N2O3/c1-8-11(7-16-9(2)15)14-12(17-8)10-3-5-13-6-4-10/h3-6H,7H2,1-2H3. The van der Waals surface area contributed by atoms with Crippen LogP contribution in [-0.4, -0.2) is 15.9 Å². The van der Waals surface area contributed by atoms with E-state index in [1.165, 1.54) is 6.92 Å². The molecule has 0 fully saturated rings. The molecule has 5 nitrogen and oxygen atoms in total. The SMILES string of the molecule is CC(=O)OCc1nc(-c2ccncc2)oc1C. The van der Waals surface area contributed by atoms with Crippen molar-refractivity contribution in [1.82, 2.24) is 9.97 Å². The molecule has 0 aliphatic rings. The van der Waals surface area contributed by atoms with Gasteiger partial charge in [0.1, 0.15) is 18.1 Å². The van der Waals surface area contributed by atoms with Crippen LogP contribution >= 0.6 is 0 Å². The Morgan fingerprint density at radius 3 is 2.76 bits per heavy atom. The normalized spacial score (nSPS) is 10.2. The van der Waals surface area contributed by atoms with E-state index < -0.39 is 0 Å². The number of rotatable bonds is 3. The topological polar surface area (TPSA) is 65.2 Å². The predicted octanol–water partition coefficient (Wildman–Crippen LogP) is 2.11.